The predicted octanol–water partition coefficient (Wildman–Crippen LogP) is 6.49. The van der Waals surface area contributed by atoms with E-state index in [4.69, 9.17) is 16.3 Å². The van der Waals surface area contributed by atoms with Gasteiger partial charge in [0.25, 0.3) is 5.91 Å². The highest BCUT2D eigenvalue weighted by Gasteiger charge is 2.28. The van der Waals surface area contributed by atoms with E-state index in [1.54, 1.807) is 0 Å². The number of carbonyl (C=O) groups excluding carboxylic acids is 1. The second-order valence-corrected chi connectivity index (χ2v) is 8.10. The smallest absolute Gasteiger partial charge is 0.280 e. The van der Waals surface area contributed by atoms with E-state index in [1.807, 2.05) is 85.8 Å². The van der Waals surface area contributed by atoms with Gasteiger partial charge in [0.05, 0.1) is 21.4 Å². The first kappa shape index (κ1) is 20.4. The summed E-state index contributed by atoms with van der Waals surface area (Å²) < 4.78 is 6.70. The summed E-state index contributed by atoms with van der Waals surface area (Å²) in [6, 6.07) is 22.7. The Morgan fingerprint density at radius 1 is 1.07 bits per heavy atom. The molecule has 0 fully saturated rings. The van der Waals surface area contributed by atoms with Gasteiger partial charge >= 0.3 is 0 Å². The molecule has 4 nitrogen and oxygen atoms in total. The molecule has 3 aromatic carbocycles. The number of rotatable bonds is 5. The van der Waals surface area contributed by atoms with Crippen molar-refractivity contribution >= 4 is 50.9 Å². The maximum atomic E-state index is 12.9. The van der Waals surface area contributed by atoms with Crippen LogP contribution in [-0.2, 0) is 11.4 Å². The van der Waals surface area contributed by atoms with Gasteiger partial charge in [0.2, 0.25) is 0 Å². The molecular formula is C24H18BrClN2O2. The zero-order chi connectivity index (χ0) is 21.1. The van der Waals surface area contributed by atoms with E-state index in [0.717, 1.165) is 21.3 Å². The standard InChI is InChI=1S/C24H18BrClN2O2/c1-16-21(24(29)28(27-16)20-8-3-2-4-9-20)13-17-10-11-23(22(25)14-17)30-15-18-6-5-7-19(26)12-18/h2-14H,15H2,1H3/b21-13+. The van der Waals surface area contributed by atoms with Crippen molar-refractivity contribution in [1.82, 2.24) is 0 Å². The molecule has 0 N–H and O–H groups in total. The highest BCUT2D eigenvalue weighted by molar-refractivity contribution is 9.10. The van der Waals surface area contributed by atoms with Gasteiger partial charge in [-0.25, -0.2) is 0 Å². The average molecular weight is 482 g/mol. The van der Waals surface area contributed by atoms with Gasteiger partial charge in [0.15, 0.2) is 0 Å². The molecule has 0 aromatic heterocycles. The largest absolute Gasteiger partial charge is 0.488 e. The number of carbonyl (C=O) groups is 1. The minimum atomic E-state index is -0.142. The van der Waals surface area contributed by atoms with Gasteiger partial charge in [0.1, 0.15) is 12.4 Å². The number of amides is 1. The van der Waals surface area contributed by atoms with Gasteiger partial charge in [-0.1, -0.05) is 48.0 Å². The third-order valence-electron chi connectivity index (χ3n) is 4.61. The van der Waals surface area contributed by atoms with Crippen LogP contribution in [0.2, 0.25) is 5.02 Å². The van der Waals surface area contributed by atoms with Gasteiger partial charge in [-0.3, -0.25) is 4.79 Å². The highest BCUT2D eigenvalue weighted by Crippen LogP contribution is 2.30. The summed E-state index contributed by atoms with van der Waals surface area (Å²) in [6.45, 7) is 2.25. The molecule has 1 heterocycles. The van der Waals surface area contributed by atoms with Crippen molar-refractivity contribution in [3.05, 3.63) is 99.0 Å². The van der Waals surface area contributed by atoms with Crippen LogP contribution in [0.4, 0.5) is 5.69 Å². The summed E-state index contributed by atoms with van der Waals surface area (Å²) >= 11 is 9.58. The fourth-order valence-corrected chi connectivity index (χ4v) is 3.83. The van der Waals surface area contributed by atoms with Crippen molar-refractivity contribution in [2.24, 2.45) is 5.10 Å². The molecule has 1 aliphatic heterocycles. The van der Waals surface area contributed by atoms with Gasteiger partial charge < -0.3 is 4.74 Å². The molecule has 4 rings (SSSR count). The van der Waals surface area contributed by atoms with Crippen molar-refractivity contribution in [2.45, 2.75) is 13.5 Å². The average Bonchev–Trinajstić information content (AvgIpc) is 3.02. The third kappa shape index (κ3) is 4.48. The lowest BCUT2D eigenvalue weighted by molar-refractivity contribution is -0.114. The summed E-state index contributed by atoms with van der Waals surface area (Å²) in [7, 11) is 0. The van der Waals surface area contributed by atoms with Crippen LogP contribution in [0.15, 0.2) is 87.9 Å². The lowest BCUT2D eigenvalue weighted by Crippen LogP contribution is -2.21. The third-order valence-corrected chi connectivity index (χ3v) is 5.47. The Morgan fingerprint density at radius 3 is 2.60 bits per heavy atom. The second kappa shape index (κ2) is 8.86. The van der Waals surface area contributed by atoms with E-state index in [2.05, 4.69) is 21.0 Å². The van der Waals surface area contributed by atoms with Gasteiger partial charge in [-0.15, -0.1) is 0 Å². The molecule has 3 aromatic rings. The quantitative estimate of drug-likeness (QED) is 0.391. The van der Waals surface area contributed by atoms with E-state index < -0.39 is 0 Å². The van der Waals surface area contributed by atoms with Crippen molar-refractivity contribution in [2.75, 3.05) is 5.01 Å². The summed E-state index contributed by atoms with van der Waals surface area (Å²) in [4.78, 5) is 12.9. The lowest BCUT2D eigenvalue weighted by atomic mass is 10.1. The summed E-state index contributed by atoms with van der Waals surface area (Å²) in [6.07, 6.45) is 1.84. The first-order valence-corrected chi connectivity index (χ1v) is 10.5. The number of benzene rings is 3. The summed E-state index contributed by atoms with van der Waals surface area (Å²) in [5, 5.41) is 6.52. The number of nitrogens with zero attached hydrogens (tertiary/aromatic N) is 2. The molecule has 6 heteroatoms. The molecule has 0 unspecified atom stereocenters. The van der Waals surface area contributed by atoms with Crippen LogP contribution in [-0.4, -0.2) is 11.6 Å². The van der Waals surface area contributed by atoms with Crippen LogP contribution in [0, 0.1) is 0 Å². The Balaban J connectivity index is 1.51. The number of anilines is 1. The van der Waals surface area contributed by atoms with E-state index in [9.17, 15) is 4.79 Å². The summed E-state index contributed by atoms with van der Waals surface area (Å²) in [5.74, 6) is 0.572. The summed E-state index contributed by atoms with van der Waals surface area (Å²) in [5.41, 5.74) is 3.87. The molecule has 0 saturated carbocycles. The number of halogens is 2. The number of hydrogen-bond donors (Lipinski definition) is 0. The SMILES string of the molecule is CC1=NN(c2ccccc2)C(=O)/C1=C/c1ccc(OCc2cccc(Cl)c2)c(Br)c1. The van der Waals surface area contributed by atoms with Gasteiger partial charge in [-0.05, 0) is 76.5 Å². The Morgan fingerprint density at radius 2 is 1.87 bits per heavy atom. The molecule has 0 aliphatic carbocycles. The Kier molecular flexibility index (Phi) is 6.02. The van der Waals surface area contributed by atoms with E-state index in [-0.39, 0.29) is 5.91 Å². The highest BCUT2D eigenvalue weighted by atomic mass is 79.9. The molecule has 0 bridgehead atoms. The predicted molar refractivity (Wildman–Crippen MR) is 125 cm³/mol. The maximum absolute atomic E-state index is 12.9. The number of para-hydroxylation sites is 1. The van der Waals surface area contributed by atoms with Gasteiger partial charge in [0, 0.05) is 5.02 Å². The fraction of sp³-hybridized carbons (Fsp3) is 0.0833. The van der Waals surface area contributed by atoms with Crippen LogP contribution in [0.1, 0.15) is 18.1 Å². The normalized spacial score (nSPS) is 14.9. The Hall–Kier alpha value is -2.89. The van der Waals surface area contributed by atoms with Crippen LogP contribution < -0.4 is 9.75 Å². The Labute approximate surface area is 188 Å². The van der Waals surface area contributed by atoms with Crippen LogP contribution >= 0.6 is 27.5 Å². The molecule has 0 spiro atoms. The van der Waals surface area contributed by atoms with E-state index in [0.29, 0.717) is 28.7 Å². The first-order chi connectivity index (χ1) is 14.5. The molecule has 1 aliphatic rings. The van der Waals surface area contributed by atoms with Crippen LogP contribution in [0.3, 0.4) is 0 Å². The first-order valence-electron chi connectivity index (χ1n) is 9.35. The molecule has 150 valence electrons. The lowest BCUT2D eigenvalue weighted by Gasteiger charge is -2.11. The van der Waals surface area contributed by atoms with Crippen molar-refractivity contribution in [3.63, 3.8) is 0 Å². The monoisotopic (exact) mass is 480 g/mol. The zero-order valence-electron chi connectivity index (χ0n) is 16.2. The minimum Gasteiger partial charge on any atom is -0.488 e. The molecule has 1 amide bonds. The van der Waals surface area contributed by atoms with Crippen molar-refractivity contribution in [1.29, 1.82) is 0 Å². The number of hydrazone groups is 1. The Bertz CT molecular complexity index is 1160. The molecular weight excluding hydrogens is 464 g/mol. The fourth-order valence-electron chi connectivity index (χ4n) is 3.11. The van der Waals surface area contributed by atoms with Gasteiger partial charge in [-0.2, -0.15) is 10.1 Å². The van der Waals surface area contributed by atoms with E-state index >= 15 is 0 Å². The minimum absolute atomic E-state index is 0.142. The van der Waals surface area contributed by atoms with Crippen molar-refractivity contribution in [3.8, 4) is 5.75 Å². The molecule has 0 atom stereocenters. The number of hydrogen-bond acceptors (Lipinski definition) is 3. The maximum Gasteiger partial charge on any atom is 0.280 e. The van der Waals surface area contributed by atoms with E-state index in [1.165, 1.54) is 5.01 Å². The van der Waals surface area contributed by atoms with Crippen LogP contribution in [0.5, 0.6) is 5.75 Å². The second-order valence-electron chi connectivity index (χ2n) is 6.80. The topological polar surface area (TPSA) is 41.9 Å². The number of ether oxygens (including phenoxy) is 1. The molecule has 0 radical (unpaired) electrons. The zero-order valence-corrected chi connectivity index (χ0v) is 18.5. The molecule has 0 saturated heterocycles. The molecule has 30 heavy (non-hydrogen) atoms. The van der Waals surface area contributed by atoms with Crippen molar-refractivity contribution < 1.29 is 9.53 Å². The van der Waals surface area contributed by atoms with Crippen LogP contribution in [0.25, 0.3) is 6.08 Å².